The van der Waals surface area contributed by atoms with Gasteiger partial charge in [0.15, 0.2) is 6.61 Å². The lowest BCUT2D eigenvalue weighted by molar-refractivity contribution is -0.324. The summed E-state index contributed by atoms with van der Waals surface area (Å²) in [6, 6.07) is 10.7. The smallest absolute Gasteiger partial charge is 0.422 e. The van der Waals surface area contributed by atoms with E-state index in [0.29, 0.717) is 21.7 Å². The van der Waals surface area contributed by atoms with Gasteiger partial charge in [0.2, 0.25) is 0 Å². The minimum absolute atomic E-state index is 0.0594. The van der Waals surface area contributed by atoms with Crippen molar-refractivity contribution in [1.82, 2.24) is 0 Å². The fourth-order valence-electron chi connectivity index (χ4n) is 4.10. The van der Waals surface area contributed by atoms with Crippen LogP contribution in [0, 0.1) is 0 Å². The lowest BCUT2D eigenvalue weighted by Gasteiger charge is -2.53. The molecule has 0 aromatic heterocycles. The summed E-state index contributed by atoms with van der Waals surface area (Å²) < 4.78 is 47.6. The highest BCUT2D eigenvalue weighted by Gasteiger charge is 2.60. The Morgan fingerprint density at radius 1 is 1.03 bits per heavy atom. The molecule has 35 heavy (non-hydrogen) atoms. The molecule has 11 heteroatoms. The third-order valence-electron chi connectivity index (χ3n) is 6.19. The van der Waals surface area contributed by atoms with Crippen LogP contribution >= 0.6 is 11.6 Å². The van der Waals surface area contributed by atoms with Gasteiger partial charge < -0.3 is 35.0 Å². The van der Waals surface area contributed by atoms with Crippen LogP contribution in [0.1, 0.15) is 36.6 Å². The quantitative estimate of drug-likeness (QED) is 0.380. The van der Waals surface area contributed by atoms with Gasteiger partial charge in [0, 0.05) is 5.02 Å². The lowest BCUT2D eigenvalue weighted by Crippen LogP contribution is -2.71. The van der Waals surface area contributed by atoms with Crippen LogP contribution in [0.25, 0.3) is 0 Å². The van der Waals surface area contributed by atoms with Crippen LogP contribution in [-0.4, -0.2) is 74.4 Å². The van der Waals surface area contributed by atoms with E-state index in [9.17, 15) is 38.7 Å². The van der Waals surface area contributed by atoms with Gasteiger partial charge >= 0.3 is 6.18 Å². The molecule has 2 aromatic rings. The molecule has 3 rings (SSSR count). The average Bonchev–Trinajstić information content (AvgIpc) is 2.78. The number of hydrogen-bond acceptors (Lipinski definition) is 7. The highest BCUT2D eigenvalue weighted by atomic mass is 35.5. The highest BCUT2D eigenvalue weighted by molar-refractivity contribution is 6.31. The molecule has 0 aliphatic carbocycles. The van der Waals surface area contributed by atoms with Gasteiger partial charge in [-0.3, -0.25) is 0 Å². The van der Waals surface area contributed by atoms with Crippen molar-refractivity contribution in [2.24, 2.45) is 0 Å². The number of hydrogen-bond donors (Lipinski definition) is 5. The standard InChI is InChI=1S/C24H28ClF3O7/c1-22(2,33)23(11-29)21(32)19(31)18(30)20(35-23)14-5-8-17(25)15(10-14)9-13-3-6-16(7-4-13)34-12-24(26,27)28/h3-8,10,18-21,29-33H,9,11-12H2,1-2H3/t18-,19-,20+,21+,23+/m1/s1. The number of ether oxygens (including phenoxy) is 2. The summed E-state index contributed by atoms with van der Waals surface area (Å²) in [7, 11) is 0. The van der Waals surface area contributed by atoms with E-state index in [-0.39, 0.29) is 12.2 Å². The van der Waals surface area contributed by atoms with Crippen molar-refractivity contribution in [3.05, 3.63) is 64.2 Å². The van der Waals surface area contributed by atoms with Crippen LogP contribution in [0.15, 0.2) is 42.5 Å². The summed E-state index contributed by atoms with van der Waals surface area (Å²) in [5, 5.41) is 52.6. The molecule has 1 fully saturated rings. The maximum absolute atomic E-state index is 12.3. The number of benzene rings is 2. The Morgan fingerprint density at radius 3 is 2.20 bits per heavy atom. The van der Waals surface area contributed by atoms with Crippen LogP contribution in [-0.2, 0) is 11.2 Å². The number of alkyl halides is 3. The van der Waals surface area contributed by atoms with Gasteiger partial charge in [-0.25, -0.2) is 0 Å². The van der Waals surface area contributed by atoms with E-state index >= 15 is 0 Å². The molecule has 0 unspecified atom stereocenters. The number of aliphatic hydroxyl groups excluding tert-OH is 4. The predicted molar refractivity (Wildman–Crippen MR) is 120 cm³/mol. The zero-order valence-electron chi connectivity index (χ0n) is 19.0. The molecular formula is C24H28ClF3O7. The first kappa shape index (κ1) is 27.7. The van der Waals surface area contributed by atoms with E-state index in [4.69, 9.17) is 21.1 Å². The highest BCUT2D eigenvalue weighted by Crippen LogP contribution is 2.44. The summed E-state index contributed by atoms with van der Waals surface area (Å²) in [5.41, 5.74) is -2.10. The Balaban J connectivity index is 1.86. The van der Waals surface area contributed by atoms with Crippen molar-refractivity contribution >= 4 is 11.6 Å². The second-order valence-electron chi connectivity index (χ2n) is 9.15. The Labute approximate surface area is 205 Å². The first-order valence-electron chi connectivity index (χ1n) is 10.8. The molecule has 1 saturated heterocycles. The first-order valence-corrected chi connectivity index (χ1v) is 11.2. The van der Waals surface area contributed by atoms with Crippen LogP contribution in [0.3, 0.4) is 0 Å². The van der Waals surface area contributed by atoms with Gasteiger partial charge in [-0.1, -0.05) is 35.9 Å². The van der Waals surface area contributed by atoms with E-state index in [1.165, 1.54) is 26.0 Å². The van der Waals surface area contributed by atoms with Crippen molar-refractivity contribution < 1.29 is 48.2 Å². The second kappa shape index (κ2) is 10.2. The average molecular weight is 521 g/mol. The number of aliphatic hydroxyl groups is 5. The van der Waals surface area contributed by atoms with E-state index < -0.39 is 55.0 Å². The van der Waals surface area contributed by atoms with Crippen LogP contribution in [0.4, 0.5) is 13.2 Å². The minimum Gasteiger partial charge on any atom is -0.484 e. The van der Waals surface area contributed by atoms with E-state index in [1.807, 2.05) is 0 Å². The summed E-state index contributed by atoms with van der Waals surface area (Å²) in [6.07, 6.45) is -10.5. The van der Waals surface area contributed by atoms with Gasteiger partial charge in [-0.15, -0.1) is 0 Å². The van der Waals surface area contributed by atoms with Crippen molar-refractivity contribution in [3.63, 3.8) is 0 Å². The third-order valence-corrected chi connectivity index (χ3v) is 6.56. The summed E-state index contributed by atoms with van der Waals surface area (Å²) in [6.45, 7) is 0.387. The Hall–Kier alpha value is -1.92. The van der Waals surface area contributed by atoms with Gasteiger partial charge in [0.25, 0.3) is 0 Å². The molecule has 0 bridgehead atoms. The Kier molecular flexibility index (Phi) is 8.07. The van der Waals surface area contributed by atoms with Gasteiger partial charge in [-0.05, 0) is 55.2 Å². The molecule has 194 valence electrons. The zero-order valence-corrected chi connectivity index (χ0v) is 19.8. The monoisotopic (exact) mass is 520 g/mol. The SMILES string of the molecule is CC(C)(O)[C@@]1(CO)O[C@@H](c2ccc(Cl)c(Cc3ccc(OCC(F)(F)F)cc3)c2)[C@H](O)[C@@H](O)[C@@H]1O. The molecule has 5 atom stereocenters. The van der Waals surface area contributed by atoms with Crippen LogP contribution < -0.4 is 4.74 Å². The van der Waals surface area contributed by atoms with Crippen molar-refractivity contribution in [1.29, 1.82) is 0 Å². The Morgan fingerprint density at radius 2 is 1.66 bits per heavy atom. The molecule has 5 N–H and O–H groups in total. The molecule has 0 radical (unpaired) electrons. The summed E-state index contributed by atoms with van der Waals surface area (Å²) in [5.74, 6) is 0.0594. The van der Waals surface area contributed by atoms with Gasteiger partial charge in [-0.2, -0.15) is 13.2 Å². The maximum Gasteiger partial charge on any atom is 0.422 e. The van der Waals surface area contributed by atoms with Crippen molar-refractivity contribution in [3.8, 4) is 5.75 Å². The fourth-order valence-corrected chi connectivity index (χ4v) is 4.28. The predicted octanol–water partition coefficient (Wildman–Crippen LogP) is 2.53. The molecule has 1 aliphatic rings. The summed E-state index contributed by atoms with van der Waals surface area (Å²) >= 11 is 6.34. The van der Waals surface area contributed by atoms with Crippen LogP contribution in [0.2, 0.25) is 5.02 Å². The van der Waals surface area contributed by atoms with Crippen LogP contribution in [0.5, 0.6) is 5.75 Å². The van der Waals surface area contributed by atoms with Gasteiger partial charge in [0.1, 0.15) is 35.8 Å². The molecule has 1 heterocycles. The molecule has 0 spiro atoms. The molecular weight excluding hydrogens is 493 g/mol. The molecule has 1 aliphatic heterocycles. The van der Waals surface area contributed by atoms with Crippen molar-refractivity contribution in [2.45, 2.75) is 62.1 Å². The molecule has 0 amide bonds. The third kappa shape index (κ3) is 5.91. The number of rotatable bonds is 7. The largest absolute Gasteiger partial charge is 0.484 e. The minimum atomic E-state index is -4.44. The summed E-state index contributed by atoms with van der Waals surface area (Å²) in [4.78, 5) is 0. The maximum atomic E-state index is 12.3. The van der Waals surface area contributed by atoms with E-state index in [1.54, 1.807) is 30.3 Å². The normalized spacial score (nSPS) is 27.6. The number of halogens is 4. The van der Waals surface area contributed by atoms with Crippen molar-refractivity contribution in [2.75, 3.05) is 13.2 Å². The Bertz CT molecular complexity index is 1010. The zero-order chi connectivity index (χ0) is 26.2. The lowest BCUT2D eigenvalue weighted by atomic mass is 9.74. The van der Waals surface area contributed by atoms with E-state index in [0.717, 1.165) is 0 Å². The molecule has 2 aromatic carbocycles. The topological polar surface area (TPSA) is 120 Å². The van der Waals surface area contributed by atoms with E-state index in [2.05, 4.69) is 0 Å². The second-order valence-corrected chi connectivity index (χ2v) is 9.55. The first-order chi connectivity index (χ1) is 16.2. The molecule has 0 saturated carbocycles. The van der Waals surface area contributed by atoms with Gasteiger partial charge in [0.05, 0.1) is 12.2 Å². The fraction of sp³-hybridized carbons (Fsp3) is 0.500. The molecule has 7 nitrogen and oxygen atoms in total.